The molecule has 2 aromatic heterocycles. The van der Waals surface area contributed by atoms with Gasteiger partial charge in [-0.3, -0.25) is 0 Å². The molecule has 0 atom stereocenters. The van der Waals surface area contributed by atoms with Crippen LogP contribution in [0.3, 0.4) is 0 Å². The van der Waals surface area contributed by atoms with E-state index in [0.29, 0.717) is 5.71 Å². The highest BCUT2D eigenvalue weighted by atomic mass is 16.5. The van der Waals surface area contributed by atoms with Gasteiger partial charge in [0.05, 0.1) is 11.1 Å². The van der Waals surface area contributed by atoms with E-state index in [1.54, 1.807) is 0 Å². The Morgan fingerprint density at radius 2 is 2.35 bits per heavy atom. The van der Waals surface area contributed by atoms with Crippen LogP contribution in [-0.2, 0) is 13.0 Å². The number of aryl methyl sites for hydroxylation is 1. The predicted molar refractivity (Wildman–Crippen MR) is 65.7 cm³/mol. The zero-order chi connectivity index (χ0) is 11.7. The number of fused-ring (bicyclic) bond motifs is 1. The first-order valence-electron chi connectivity index (χ1n) is 6.33. The summed E-state index contributed by atoms with van der Waals surface area (Å²) >= 11 is 0. The zero-order valence-electron chi connectivity index (χ0n) is 10.1. The number of hydrogen-bond donors (Lipinski definition) is 1. The minimum Gasteiger partial charge on any atom is -0.336 e. The maximum atomic E-state index is 5.21. The van der Waals surface area contributed by atoms with E-state index in [2.05, 4.69) is 28.4 Å². The lowest BCUT2D eigenvalue weighted by Gasteiger charge is -2.02. The minimum atomic E-state index is 0.656. The zero-order valence-corrected chi connectivity index (χ0v) is 10.1. The van der Waals surface area contributed by atoms with Crippen LogP contribution in [0.1, 0.15) is 37.4 Å². The molecule has 0 bridgehead atoms. The Labute approximate surface area is 100 Å². The lowest BCUT2D eigenvalue weighted by atomic mass is 10.1. The summed E-state index contributed by atoms with van der Waals surface area (Å²) in [7, 11) is 0. The van der Waals surface area contributed by atoms with Crippen molar-refractivity contribution in [3.8, 4) is 0 Å². The van der Waals surface area contributed by atoms with Gasteiger partial charge in [0.1, 0.15) is 0 Å². The molecular formula is C13H17N3O. The Bertz CT molecular complexity index is 516. The Balaban J connectivity index is 1.83. The van der Waals surface area contributed by atoms with Crippen LogP contribution in [0.4, 0.5) is 0 Å². The standard InChI is InChI=1S/C13H17N3O/c1-2-3-12-11-6-9(7-14-10-4-5-10)8-15-13(11)17-16-12/h6,8,10,14H,2-5,7H2,1H3. The van der Waals surface area contributed by atoms with Gasteiger partial charge in [0.25, 0.3) is 5.71 Å². The van der Waals surface area contributed by atoms with Crippen LogP contribution in [0.5, 0.6) is 0 Å². The van der Waals surface area contributed by atoms with Crippen LogP contribution in [-0.4, -0.2) is 16.2 Å². The number of pyridine rings is 1. The SMILES string of the molecule is CCCc1noc2ncc(CNC3CC3)cc12. The lowest BCUT2D eigenvalue weighted by molar-refractivity contribution is 0.438. The van der Waals surface area contributed by atoms with Crippen LogP contribution in [0.25, 0.3) is 11.1 Å². The summed E-state index contributed by atoms with van der Waals surface area (Å²) in [5.74, 6) is 0. The van der Waals surface area contributed by atoms with Crippen molar-refractivity contribution in [1.29, 1.82) is 0 Å². The van der Waals surface area contributed by atoms with Gasteiger partial charge in [-0.25, -0.2) is 4.98 Å². The Morgan fingerprint density at radius 3 is 3.12 bits per heavy atom. The maximum Gasteiger partial charge on any atom is 0.257 e. The highest BCUT2D eigenvalue weighted by Gasteiger charge is 2.20. The molecule has 4 nitrogen and oxygen atoms in total. The number of nitrogens with zero attached hydrogens (tertiary/aromatic N) is 2. The van der Waals surface area contributed by atoms with Gasteiger partial charge >= 0.3 is 0 Å². The molecule has 0 spiro atoms. The van der Waals surface area contributed by atoms with Gasteiger partial charge in [0, 0.05) is 18.8 Å². The largest absolute Gasteiger partial charge is 0.336 e. The molecular weight excluding hydrogens is 214 g/mol. The molecule has 1 N–H and O–H groups in total. The van der Waals surface area contributed by atoms with Gasteiger partial charge in [0.2, 0.25) is 0 Å². The van der Waals surface area contributed by atoms with E-state index in [1.807, 2.05) is 6.20 Å². The second-order valence-corrected chi connectivity index (χ2v) is 4.73. The van der Waals surface area contributed by atoms with Crippen molar-refractivity contribution >= 4 is 11.1 Å². The Hall–Kier alpha value is -1.42. The van der Waals surface area contributed by atoms with Crippen LogP contribution in [0.15, 0.2) is 16.8 Å². The van der Waals surface area contributed by atoms with Gasteiger partial charge in [-0.2, -0.15) is 0 Å². The second-order valence-electron chi connectivity index (χ2n) is 4.73. The molecule has 17 heavy (non-hydrogen) atoms. The van der Waals surface area contributed by atoms with Crippen molar-refractivity contribution in [2.24, 2.45) is 0 Å². The quantitative estimate of drug-likeness (QED) is 0.858. The smallest absolute Gasteiger partial charge is 0.257 e. The highest BCUT2D eigenvalue weighted by molar-refractivity contribution is 5.76. The first kappa shape index (κ1) is 10.7. The number of aromatic nitrogens is 2. The van der Waals surface area contributed by atoms with Gasteiger partial charge < -0.3 is 9.84 Å². The molecule has 1 saturated carbocycles. The summed E-state index contributed by atoms with van der Waals surface area (Å²) in [5.41, 5.74) is 2.90. The molecule has 1 fully saturated rings. The summed E-state index contributed by atoms with van der Waals surface area (Å²) in [6.45, 7) is 3.04. The monoisotopic (exact) mass is 231 g/mol. The highest BCUT2D eigenvalue weighted by Crippen LogP contribution is 2.21. The van der Waals surface area contributed by atoms with Crippen LogP contribution in [0.2, 0.25) is 0 Å². The van der Waals surface area contributed by atoms with Crippen molar-refractivity contribution in [3.63, 3.8) is 0 Å². The summed E-state index contributed by atoms with van der Waals surface area (Å²) in [4.78, 5) is 4.31. The molecule has 0 aliphatic heterocycles. The van der Waals surface area contributed by atoms with Crippen LogP contribution < -0.4 is 5.32 Å². The molecule has 0 amide bonds. The second kappa shape index (κ2) is 4.45. The molecule has 90 valence electrons. The Kier molecular flexibility index (Phi) is 2.81. The third-order valence-corrected chi connectivity index (χ3v) is 3.12. The van der Waals surface area contributed by atoms with E-state index in [9.17, 15) is 0 Å². The van der Waals surface area contributed by atoms with Crippen molar-refractivity contribution in [3.05, 3.63) is 23.5 Å². The molecule has 3 rings (SSSR count). The van der Waals surface area contributed by atoms with E-state index in [4.69, 9.17) is 4.52 Å². The molecule has 2 aromatic rings. The van der Waals surface area contributed by atoms with Crippen LogP contribution >= 0.6 is 0 Å². The van der Waals surface area contributed by atoms with Crippen molar-refractivity contribution < 1.29 is 4.52 Å². The first-order valence-corrected chi connectivity index (χ1v) is 6.33. The van der Waals surface area contributed by atoms with E-state index in [1.165, 1.54) is 18.4 Å². The molecule has 0 radical (unpaired) electrons. The van der Waals surface area contributed by atoms with Gasteiger partial charge in [0.15, 0.2) is 0 Å². The maximum absolute atomic E-state index is 5.21. The van der Waals surface area contributed by atoms with Crippen LogP contribution in [0, 0.1) is 0 Å². The molecule has 1 aliphatic rings. The van der Waals surface area contributed by atoms with Crippen molar-refractivity contribution in [2.45, 2.75) is 45.2 Å². The average molecular weight is 231 g/mol. The fraction of sp³-hybridized carbons (Fsp3) is 0.538. The number of rotatable bonds is 5. The average Bonchev–Trinajstić information content (AvgIpc) is 3.10. The number of hydrogen-bond acceptors (Lipinski definition) is 4. The Morgan fingerprint density at radius 1 is 1.47 bits per heavy atom. The lowest BCUT2D eigenvalue weighted by Crippen LogP contribution is -2.15. The van der Waals surface area contributed by atoms with Crippen molar-refractivity contribution in [1.82, 2.24) is 15.5 Å². The molecule has 0 unspecified atom stereocenters. The third-order valence-electron chi connectivity index (χ3n) is 3.12. The summed E-state index contributed by atoms with van der Waals surface area (Å²) in [5, 5.41) is 8.64. The normalized spacial score (nSPS) is 15.6. The summed E-state index contributed by atoms with van der Waals surface area (Å²) < 4.78 is 5.21. The molecule has 0 aromatic carbocycles. The molecule has 2 heterocycles. The topological polar surface area (TPSA) is 51.0 Å². The van der Waals surface area contributed by atoms with Gasteiger partial charge in [-0.15, -0.1) is 0 Å². The van der Waals surface area contributed by atoms with E-state index in [-0.39, 0.29) is 0 Å². The minimum absolute atomic E-state index is 0.656. The summed E-state index contributed by atoms with van der Waals surface area (Å²) in [6.07, 6.45) is 6.52. The fourth-order valence-electron chi connectivity index (χ4n) is 1.99. The van der Waals surface area contributed by atoms with Gasteiger partial charge in [-0.1, -0.05) is 18.5 Å². The number of nitrogens with one attached hydrogen (secondary N) is 1. The van der Waals surface area contributed by atoms with Crippen molar-refractivity contribution in [2.75, 3.05) is 0 Å². The first-order chi connectivity index (χ1) is 8.36. The third kappa shape index (κ3) is 2.31. The summed E-state index contributed by atoms with van der Waals surface area (Å²) in [6, 6.07) is 2.88. The molecule has 0 saturated heterocycles. The van der Waals surface area contributed by atoms with E-state index in [0.717, 1.165) is 36.5 Å². The predicted octanol–water partition coefficient (Wildman–Crippen LogP) is 2.43. The molecule has 1 aliphatic carbocycles. The molecule has 4 heteroatoms. The van der Waals surface area contributed by atoms with Gasteiger partial charge in [-0.05, 0) is 30.9 Å². The van der Waals surface area contributed by atoms with E-state index < -0.39 is 0 Å². The fourth-order valence-corrected chi connectivity index (χ4v) is 1.99. The van der Waals surface area contributed by atoms with E-state index >= 15 is 0 Å².